The molecule has 0 saturated heterocycles. The number of nitrogens with zero attached hydrogens (tertiary/aromatic N) is 4. The van der Waals surface area contributed by atoms with Crippen molar-refractivity contribution in [3.8, 4) is 0 Å². The van der Waals surface area contributed by atoms with Gasteiger partial charge in [-0.2, -0.15) is 5.10 Å². The van der Waals surface area contributed by atoms with Crippen LogP contribution < -0.4 is 5.43 Å². The van der Waals surface area contributed by atoms with Crippen molar-refractivity contribution in [2.75, 3.05) is 5.75 Å². The van der Waals surface area contributed by atoms with Crippen molar-refractivity contribution in [2.45, 2.75) is 14.4 Å². The maximum atomic E-state index is 11.9. The lowest BCUT2D eigenvalue weighted by molar-refractivity contribution is -0.385. The summed E-state index contributed by atoms with van der Waals surface area (Å²) in [6, 6.07) is 13.8. The number of carbonyl (C=O) groups is 1. The van der Waals surface area contributed by atoms with Crippen LogP contribution in [-0.4, -0.2) is 33.0 Å². The summed E-state index contributed by atoms with van der Waals surface area (Å²) in [5.41, 5.74) is 3.59. The number of carbonyl (C=O) groups excluding carboxylic acids is 1. The Labute approximate surface area is 189 Å². The molecule has 30 heavy (non-hydrogen) atoms. The summed E-state index contributed by atoms with van der Waals surface area (Å²) < 4.78 is 1.45. The van der Waals surface area contributed by atoms with Crippen molar-refractivity contribution in [1.82, 2.24) is 15.6 Å². The van der Waals surface area contributed by atoms with Gasteiger partial charge in [-0.05, 0) is 17.7 Å². The molecule has 0 saturated carbocycles. The Balaban J connectivity index is 1.45. The third-order valence-corrected chi connectivity index (χ3v) is 7.16. The number of benzene rings is 2. The minimum atomic E-state index is -0.504. The number of thioether (sulfide) groups is 2. The Hall–Kier alpha value is -2.47. The molecule has 0 spiro atoms. The number of nitro groups is 1. The standard InChI is InChI=1S/C18H14ClN5O3S3/c19-14-7-3-1-6-13(14)10-28-17-22-23-18(30-17)29-11-16(25)21-20-9-12-5-2-4-8-15(12)24(26)27/h1-9H,10-11H2,(H,21,25)/b20-9-. The van der Waals surface area contributed by atoms with E-state index in [1.807, 2.05) is 24.3 Å². The van der Waals surface area contributed by atoms with Gasteiger partial charge in [0.15, 0.2) is 8.68 Å². The Kier molecular flexibility index (Phi) is 8.20. The molecule has 1 amide bonds. The van der Waals surface area contributed by atoms with Gasteiger partial charge in [0.2, 0.25) is 0 Å². The topological polar surface area (TPSA) is 110 Å². The molecular weight excluding hydrogens is 466 g/mol. The van der Waals surface area contributed by atoms with E-state index in [0.717, 1.165) is 9.90 Å². The summed E-state index contributed by atoms with van der Waals surface area (Å²) in [6.07, 6.45) is 1.25. The molecule has 0 aliphatic heterocycles. The molecular formula is C18H14ClN5O3S3. The fourth-order valence-corrected chi connectivity index (χ4v) is 5.26. The highest BCUT2D eigenvalue weighted by Crippen LogP contribution is 2.32. The zero-order chi connectivity index (χ0) is 21.3. The van der Waals surface area contributed by atoms with Gasteiger partial charge in [0.25, 0.3) is 11.6 Å². The second kappa shape index (κ2) is 11.1. The van der Waals surface area contributed by atoms with Gasteiger partial charge >= 0.3 is 0 Å². The summed E-state index contributed by atoms with van der Waals surface area (Å²) in [7, 11) is 0. The summed E-state index contributed by atoms with van der Waals surface area (Å²) in [6.45, 7) is 0. The smallest absolute Gasteiger partial charge is 0.272 e. The summed E-state index contributed by atoms with van der Waals surface area (Å²) in [5.74, 6) is 0.424. The maximum absolute atomic E-state index is 11.9. The lowest BCUT2D eigenvalue weighted by Gasteiger charge is -2.00. The van der Waals surface area contributed by atoms with Crippen molar-refractivity contribution in [3.63, 3.8) is 0 Å². The van der Waals surface area contributed by atoms with E-state index in [9.17, 15) is 14.9 Å². The number of amides is 1. The van der Waals surface area contributed by atoms with Crippen molar-refractivity contribution < 1.29 is 9.72 Å². The van der Waals surface area contributed by atoms with Crippen molar-refractivity contribution in [2.24, 2.45) is 5.10 Å². The predicted molar refractivity (Wildman–Crippen MR) is 120 cm³/mol. The molecule has 1 heterocycles. The number of nitro benzene ring substituents is 1. The third-order valence-electron chi connectivity index (χ3n) is 3.55. The van der Waals surface area contributed by atoms with Crippen LogP contribution in [0, 0.1) is 10.1 Å². The minimum absolute atomic E-state index is 0.0828. The van der Waals surface area contributed by atoms with E-state index >= 15 is 0 Å². The third kappa shape index (κ3) is 6.52. The van der Waals surface area contributed by atoms with Gasteiger partial charge < -0.3 is 0 Å². The van der Waals surface area contributed by atoms with Gasteiger partial charge in [-0.25, -0.2) is 5.43 Å². The molecule has 1 N–H and O–H groups in total. The number of halogens is 1. The Morgan fingerprint density at radius 2 is 1.87 bits per heavy atom. The van der Waals surface area contributed by atoms with Crippen LogP contribution >= 0.6 is 46.5 Å². The minimum Gasteiger partial charge on any atom is -0.272 e. The van der Waals surface area contributed by atoms with Crippen LogP contribution in [0.3, 0.4) is 0 Å². The molecule has 2 aromatic carbocycles. The van der Waals surface area contributed by atoms with Crippen molar-refractivity contribution in [3.05, 3.63) is 74.8 Å². The monoisotopic (exact) mass is 479 g/mol. The van der Waals surface area contributed by atoms with Gasteiger partial charge in [0, 0.05) is 16.8 Å². The number of nitrogens with one attached hydrogen (secondary N) is 1. The number of hydrazone groups is 1. The number of para-hydroxylation sites is 1. The van der Waals surface area contributed by atoms with Crippen LogP contribution in [0.1, 0.15) is 11.1 Å². The fraction of sp³-hybridized carbons (Fsp3) is 0.111. The van der Waals surface area contributed by atoms with Crippen LogP contribution in [-0.2, 0) is 10.5 Å². The van der Waals surface area contributed by atoms with Gasteiger partial charge in [0.1, 0.15) is 0 Å². The van der Waals surface area contributed by atoms with Crippen LogP contribution in [0.4, 0.5) is 5.69 Å². The zero-order valence-corrected chi connectivity index (χ0v) is 18.4. The normalized spacial score (nSPS) is 11.0. The first-order chi connectivity index (χ1) is 14.5. The molecule has 0 fully saturated rings. The molecule has 154 valence electrons. The molecule has 3 aromatic rings. The van der Waals surface area contributed by atoms with Crippen LogP contribution in [0.25, 0.3) is 0 Å². The molecule has 0 aliphatic rings. The fourth-order valence-electron chi connectivity index (χ4n) is 2.17. The molecule has 12 heteroatoms. The van der Waals surface area contributed by atoms with E-state index in [2.05, 4.69) is 20.7 Å². The number of aromatic nitrogens is 2. The molecule has 1 aromatic heterocycles. The van der Waals surface area contributed by atoms with E-state index in [1.165, 1.54) is 47.1 Å². The highest BCUT2D eigenvalue weighted by Gasteiger charge is 2.11. The first kappa shape index (κ1) is 22.2. The average molecular weight is 480 g/mol. The lowest BCUT2D eigenvalue weighted by Crippen LogP contribution is -2.19. The van der Waals surface area contributed by atoms with Gasteiger partial charge in [-0.15, -0.1) is 10.2 Å². The molecule has 0 aliphatic carbocycles. The Morgan fingerprint density at radius 1 is 1.17 bits per heavy atom. The number of rotatable bonds is 9. The molecule has 0 unspecified atom stereocenters. The molecule has 3 rings (SSSR count). The van der Waals surface area contributed by atoms with E-state index < -0.39 is 4.92 Å². The SMILES string of the molecule is O=C(CSc1nnc(SCc2ccccc2Cl)s1)N/N=C\c1ccccc1[N+](=O)[O-]. The van der Waals surface area contributed by atoms with Crippen molar-refractivity contribution >= 4 is 64.3 Å². The second-order valence-corrected chi connectivity index (χ2v) is 9.44. The Morgan fingerprint density at radius 3 is 2.63 bits per heavy atom. The molecule has 8 nitrogen and oxygen atoms in total. The first-order valence-electron chi connectivity index (χ1n) is 8.41. The van der Waals surface area contributed by atoms with Crippen LogP contribution in [0.2, 0.25) is 5.02 Å². The molecule has 0 radical (unpaired) electrons. The second-order valence-electron chi connectivity index (χ2n) is 5.61. The van der Waals surface area contributed by atoms with E-state index in [4.69, 9.17) is 11.6 Å². The highest BCUT2D eigenvalue weighted by atomic mass is 35.5. The number of hydrogen-bond acceptors (Lipinski definition) is 9. The quantitative estimate of drug-likeness (QED) is 0.206. The first-order valence-corrected chi connectivity index (χ1v) is 11.6. The van der Waals surface area contributed by atoms with Crippen LogP contribution in [0.5, 0.6) is 0 Å². The summed E-state index contributed by atoms with van der Waals surface area (Å²) in [4.78, 5) is 22.4. The van der Waals surface area contributed by atoms with Crippen molar-refractivity contribution in [1.29, 1.82) is 0 Å². The molecule has 0 bridgehead atoms. The Bertz CT molecular complexity index is 1080. The predicted octanol–water partition coefficient (Wildman–Crippen LogP) is 4.63. The van der Waals surface area contributed by atoms with Gasteiger partial charge in [-0.3, -0.25) is 14.9 Å². The maximum Gasteiger partial charge on any atom is 0.278 e. The molecule has 0 atom stereocenters. The van der Waals surface area contributed by atoms with Crippen LogP contribution in [0.15, 0.2) is 62.3 Å². The van der Waals surface area contributed by atoms with Gasteiger partial charge in [-0.1, -0.05) is 76.8 Å². The summed E-state index contributed by atoms with van der Waals surface area (Å²) in [5, 5.41) is 23.6. The lowest BCUT2D eigenvalue weighted by atomic mass is 10.2. The highest BCUT2D eigenvalue weighted by molar-refractivity contribution is 8.03. The average Bonchev–Trinajstić information content (AvgIpc) is 3.20. The largest absolute Gasteiger partial charge is 0.278 e. The van der Waals surface area contributed by atoms with Gasteiger partial charge in [0.05, 0.1) is 22.5 Å². The van der Waals surface area contributed by atoms with E-state index in [0.29, 0.717) is 20.7 Å². The summed E-state index contributed by atoms with van der Waals surface area (Å²) >= 11 is 10.3. The number of hydrogen-bond donors (Lipinski definition) is 1. The van der Waals surface area contributed by atoms with E-state index in [1.54, 1.807) is 18.2 Å². The van der Waals surface area contributed by atoms with E-state index in [-0.39, 0.29) is 17.3 Å². The zero-order valence-electron chi connectivity index (χ0n) is 15.2.